The van der Waals surface area contributed by atoms with Gasteiger partial charge >= 0.3 is 0 Å². The number of phenols is 3. The molecule has 0 fully saturated rings. The first-order chi connectivity index (χ1) is 5.70. The lowest BCUT2D eigenvalue weighted by Gasteiger charge is -1.98. The Kier molecular flexibility index (Phi) is 1.12. The summed E-state index contributed by atoms with van der Waals surface area (Å²) in [4.78, 5) is 0. The Balaban J connectivity index is 2.94. The van der Waals surface area contributed by atoms with E-state index < -0.39 is 17.2 Å². The van der Waals surface area contributed by atoms with Gasteiger partial charge in [0.05, 0.1) is 5.52 Å². The molecule has 0 saturated carbocycles. The molecule has 1 aromatic heterocycles. The average Bonchev–Trinajstić information content (AvgIpc) is 2.48. The highest BCUT2D eigenvalue weighted by Crippen LogP contribution is 2.38. The van der Waals surface area contributed by atoms with Crippen LogP contribution in [0.15, 0.2) is 6.07 Å². The molecule has 0 aliphatic rings. The first-order valence-electron chi connectivity index (χ1n) is 3.15. The van der Waals surface area contributed by atoms with Crippen molar-refractivity contribution >= 4 is 11.0 Å². The van der Waals surface area contributed by atoms with Crippen molar-refractivity contribution in [3.8, 4) is 17.2 Å². The monoisotopic (exact) mass is 167 g/mol. The van der Waals surface area contributed by atoms with Crippen molar-refractivity contribution in [3.05, 3.63) is 6.07 Å². The number of H-pyrrole nitrogens is 1. The maximum Gasteiger partial charge on any atom is 0.202 e. The maximum absolute atomic E-state index is 9.20. The first-order valence-corrected chi connectivity index (χ1v) is 3.15. The lowest BCUT2D eigenvalue weighted by Crippen LogP contribution is -1.74. The van der Waals surface area contributed by atoms with Crippen LogP contribution in [0.4, 0.5) is 0 Å². The molecule has 2 aromatic rings. The van der Waals surface area contributed by atoms with E-state index in [1.165, 1.54) is 6.07 Å². The number of fused-ring (bicyclic) bond motifs is 1. The highest BCUT2D eigenvalue weighted by Gasteiger charge is 2.13. The van der Waals surface area contributed by atoms with Gasteiger partial charge in [-0.2, -0.15) is 0 Å². The van der Waals surface area contributed by atoms with Crippen molar-refractivity contribution in [2.45, 2.75) is 0 Å². The fourth-order valence-electron chi connectivity index (χ4n) is 0.950. The highest BCUT2D eigenvalue weighted by molar-refractivity contribution is 5.85. The molecule has 0 atom stereocenters. The summed E-state index contributed by atoms with van der Waals surface area (Å²) in [5, 5.41) is 36.6. The van der Waals surface area contributed by atoms with Gasteiger partial charge < -0.3 is 15.3 Å². The van der Waals surface area contributed by atoms with E-state index in [0.29, 0.717) is 5.52 Å². The summed E-state index contributed by atoms with van der Waals surface area (Å²) in [6.45, 7) is 0. The zero-order valence-electron chi connectivity index (χ0n) is 5.81. The van der Waals surface area contributed by atoms with Crippen molar-refractivity contribution in [3.63, 3.8) is 0 Å². The van der Waals surface area contributed by atoms with Gasteiger partial charge in [0.2, 0.25) is 5.75 Å². The van der Waals surface area contributed by atoms with Gasteiger partial charge in [-0.15, -0.1) is 5.10 Å². The summed E-state index contributed by atoms with van der Waals surface area (Å²) < 4.78 is 0. The third kappa shape index (κ3) is 0.685. The second-order valence-electron chi connectivity index (χ2n) is 2.30. The second-order valence-corrected chi connectivity index (χ2v) is 2.30. The van der Waals surface area contributed by atoms with Crippen molar-refractivity contribution in [2.75, 3.05) is 0 Å². The number of nitrogens with zero attached hydrogens (tertiary/aromatic N) is 2. The molecule has 6 heteroatoms. The van der Waals surface area contributed by atoms with E-state index >= 15 is 0 Å². The van der Waals surface area contributed by atoms with E-state index in [9.17, 15) is 5.11 Å². The van der Waals surface area contributed by atoms with E-state index in [1.807, 2.05) is 0 Å². The maximum atomic E-state index is 9.20. The van der Waals surface area contributed by atoms with Crippen molar-refractivity contribution in [2.24, 2.45) is 0 Å². The summed E-state index contributed by atoms with van der Waals surface area (Å²) in [7, 11) is 0. The fourth-order valence-corrected chi connectivity index (χ4v) is 0.950. The minimum atomic E-state index is -0.587. The van der Waals surface area contributed by atoms with Crippen LogP contribution in [-0.4, -0.2) is 30.7 Å². The van der Waals surface area contributed by atoms with Gasteiger partial charge in [0.25, 0.3) is 0 Å². The van der Waals surface area contributed by atoms with Crippen molar-refractivity contribution in [1.29, 1.82) is 0 Å². The Bertz CT molecular complexity index is 437. The Labute approximate surface area is 66.1 Å². The Morgan fingerprint density at radius 2 is 1.92 bits per heavy atom. The molecule has 0 bridgehead atoms. The zero-order valence-corrected chi connectivity index (χ0v) is 5.81. The molecule has 0 amide bonds. The van der Waals surface area contributed by atoms with Gasteiger partial charge in [0.1, 0.15) is 0 Å². The van der Waals surface area contributed by atoms with Gasteiger partial charge in [-0.1, -0.05) is 5.21 Å². The van der Waals surface area contributed by atoms with Crippen LogP contribution >= 0.6 is 0 Å². The minimum Gasteiger partial charge on any atom is -0.504 e. The number of nitrogens with one attached hydrogen (secondary N) is 1. The highest BCUT2D eigenvalue weighted by atomic mass is 16.3. The third-order valence-electron chi connectivity index (χ3n) is 1.55. The van der Waals surface area contributed by atoms with E-state index in [2.05, 4.69) is 15.4 Å². The molecule has 6 nitrogen and oxygen atoms in total. The van der Waals surface area contributed by atoms with Gasteiger partial charge in [-0.05, 0) is 0 Å². The molecular formula is C6H5N3O3. The SMILES string of the molecule is Oc1cc2[nH]nnc2c(O)c1O. The molecule has 12 heavy (non-hydrogen) atoms. The zero-order chi connectivity index (χ0) is 8.72. The third-order valence-corrected chi connectivity index (χ3v) is 1.55. The van der Waals surface area contributed by atoms with Gasteiger partial charge in [-0.25, -0.2) is 0 Å². The molecule has 0 saturated heterocycles. The number of benzene rings is 1. The first kappa shape index (κ1) is 6.71. The molecule has 2 rings (SSSR count). The Morgan fingerprint density at radius 3 is 2.67 bits per heavy atom. The quantitative estimate of drug-likeness (QED) is 0.416. The molecular weight excluding hydrogens is 162 g/mol. The van der Waals surface area contributed by atoms with E-state index in [4.69, 9.17) is 10.2 Å². The second kappa shape index (κ2) is 2.00. The lowest BCUT2D eigenvalue weighted by molar-refractivity contribution is 0.371. The number of aromatic hydroxyl groups is 3. The predicted octanol–water partition coefficient (Wildman–Crippen LogP) is 0.0747. The fraction of sp³-hybridized carbons (Fsp3) is 0. The summed E-state index contributed by atoms with van der Waals surface area (Å²) in [5.74, 6) is -1.47. The summed E-state index contributed by atoms with van der Waals surface area (Å²) in [6.07, 6.45) is 0. The van der Waals surface area contributed by atoms with E-state index in [1.54, 1.807) is 0 Å². The lowest BCUT2D eigenvalue weighted by atomic mass is 10.2. The van der Waals surface area contributed by atoms with Crippen LogP contribution in [0.3, 0.4) is 0 Å². The molecule has 0 spiro atoms. The van der Waals surface area contributed by atoms with Crippen LogP contribution in [0.2, 0.25) is 0 Å². The smallest absolute Gasteiger partial charge is 0.202 e. The molecule has 0 aliphatic heterocycles. The summed E-state index contributed by atoms with van der Waals surface area (Å²) in [5.41, 5.74) is 0.494. The van der Waals surface area contributed by atoms with E-state index in [-0.39, 0.29) is 5.52 Å². The standard InChI is InChI=1S/C6H5N3O3/c10-3-1-2-4(8-9-7-2)6(12)5(3)11/h1,10-12H,(H,7,8,9). The number of hydrogen-bond acceptors (Lipinski definition) is 5. The van der Waals surface area contributed by atoms with Crippen LogP contribution in [0.1, 0.15) is 0 Å². The predicted molar refractivity (Wildman–Crippen MR) is 38.9 cm³/mol. The van der Waals surface area contributed by atoms with Crippen molar-refractivity contribution < 1.29 is 15.3 Å². The van der Waals surface area contributed by atoms with Crippen LogP contribution < -0.4 is 0 Å². The summed E-state index contributed by atoms with van der Waals surface area (Å²) in [6, 6.07) is 1.23. The number of aromatic amines is 1. The number of aromatic nitrogens is 3. The van der Waals surface area contributed by atoms with Crippen LogP contribution in [-0.2, 0) is 0 Å². The van der Waals surface area contributed by atoms with Gasteiger partial charge in [-0.3, -0.25) is 5.10 Å². The van der Waals surface area contributed by atoms with Crippen LogP contribution in [0, 0.1) is 0 Å². The number of phenolic OH excluding ortho intramolecular Hbond substituents is 3. The largest absolute Gasteiger partial charge is 0.504 e. The van der Waals surface area contributed by atoms with Gasteiger partial charge in [0.15, 0.2) is 17.0 Å². The molecule has 4 N–H and O–H groups in total. The van der Waals surface area contributed by atoms with Gasteiger partial charge in [0, 0.05) is 6.07 Å². The summed E-state index contributed by atoms with van der Waals surface area (Å²) >= 11 is 0. The molecule has 0 aliphatic carbocycles. The molecule has 0 radical (unpaired) electrons. The molecule has 1 heterocycles. The van der Waals surface area contributed by atoms with Crippen LogP contribution in [0.25, 0.3) is 11.0 Å². The molecule has 1 aromatic carbocycles. The Morgan fingerprint density at radius 1 is 1.17 bits per heavy atom. The normalized spacial score (nSPS) is 10.7. The molecule has 0 unspecified atom stereocenters. The average molecular weight is 167 g/mol. The topological polar surface area (TPSA) is 102 Å². The number of rotatable bonds is 0. The van der Waals surface area contributed by atoms with E-state index in [0.717, 1.165) is 0 Å². The minimum absolute atomic E-state index is 0.130. The Hall–Kier alpha value is -1.98. The number of hydrogen-bond donors (Lipinski definition) is 4. The molecule has 62 valence electrons. The van der Waals surface area contributed by atoms with Crippen LogP contribution in [0.5, 0.6) is 17.2 Å². The van der Waals surface area contributed by atoms with Crippen molar-refractivity contribution in [1.82, 2.24) is 15.4 Å².